The minimum absolute atomic E-state index is 0. The Kier molecular flexibility index (Phi) is 11.8. The fourth-order valence-electron chi connectivity index (χ4n) is 4.24. The number of likely N-dealkylation sites (tertiary alicyclic amines) is 1. The summed E-state index contributed by atoms with van der Waals surface area (Å²) in [6.07, 6.45) is 3.75. The Morgan fingerprint density at radius 3 is 2.00 bits per heavy atom. The van der Waals surface area contributed by atoms with Gasteiger partial charge in [-0.05, 0) is 77.1 Å². The van der Waals surface area contributed by atoms with E-state index in [1.54, 1.807) is 0 Å². The monoisotopic (exact) mass is 504 g/mol. The molecule has 2 aromatic rings. The molecule has 3 rings (SSSR count). The first-order valence-corrected chi connectivity index (χ1v) is 11.1. The normalized spacial score (nSPS) is 15.8. The summed E-state index contributed by atoms with van der Waals surface area (Å²) in [5, 5.41) is 3.87. The van der Waals surface area contributed by atoms with Crippen LogP contribution in [-0.4, -0.2) is 36.1 Å². The van der Waals surface area contributed by atoms with Gasteiger partial charge < -0.3 is 9.80 Å². The number of nitrogens with one attached hydrogen (secondary N) is 1. The van der Waals surface area contributed by atoms with E-state index >= 15 is 0 Å². The van der Waals surface area contributed by atoms with Crippen LogP contribution in [0.3, 0.4) is 0 Å². The van der Waals surface area contributed by atoms with Gasteiger partial charge in [-0.3, -0.25) is 4.79 Å². The van der Waals surface area contributed by atoms with Gasteiger partial charge in [-0.25, -0.2) is 0 Å². The quantitative estimate of drug-likeness (QED) is 0.487. The average molecular weight is 505 g/mol. The Balaban J connectivity index is 0.000000477. The molecule has 2 aromatic carbocycles. The molecule has 0 aliphatic carbocycles. The van der Waals surface area contributed by atoms with E-state index in [1.807, 2.05) is 44.2 Å². The predicted octanol–water partition coefficient (Wildman–Crippen LogP) is 6.30. The molecule has 161 valence electrons. The third-order valence-electron chi connectivity index (χ3n) is 6.22. The number of aryl methyl sites for hydroxylation is 3. The van der Waals surface area contributed by atoms with Crippen LogP contribution in [-0.2, 0) is 37.5 Å². The van der Waals surface area contributed by atoms with Crippen molar-refractivity contribution in [2.75, 3.05) is 25.0 Å². The zero-order chi connectivity index (χ0) is 21.4. The number of quaternary nitrogens is 1. The summed E-state index contributed by atoms with van der Waals surface area (Å²) in [6.45, 7) is 13.6. The first kappa shape index (κ1) is 27.3. The molecule has 0 bridgehead atoms. The molecule has 5 heteroatoms. The maximum Gasteiger partial charge on any atom is 0.282 e. The van der Waals surface area contributed by atoms with Crippen molar-refractivity contribution in [3.05, 3.63) is 64.2 Å². The number of rotatable bonds is 4. The summed E-state index contributed by atoms with van der Waals surface area (Å²) in [7, 11) is 0. The molecule has 1 heterocycles. The molecule has 0 spiro atoms. The van der Waals surface area contributed by atoms with Crippen LogP contribution in [0.2, 0.25) is 5.02 Å². The van der Waals surface area contributed by atoms with Crippen molar-refractivity contribution in [3.8, 4) is 0 Å². The minimum atomic E-state index is -0.0141. The zero-order valence-electron chi connectivity index (χ0n) is 19.2. The SMILES string of the molecule is CC[N+]1(C(C)C(=O)Nc2c(C)cc(Cl)cc2C)CCCCC1.Cc1ccccc1.[Y]. The summed E-state index contributed by atoms with van der Waals surface area (Å²) >= 11 is 6.07. The van der Waals surface area contributed by atoms with Gasteiger partial charge in [0.25, 0.3) is 5.91 Å². The van der Waals surface area contributed by atoms with Gasteiger partial charge in [0.15, 0.2) is 6.04 Å². The molecule has 30 heavy (non-hydrogen) atoms. The van der Waals surface area contributed by atoms with Crippen LogP contribution in [0.4, 0.5) is 5.69 Å². The molecule has 1 atom stereocenters. The number of hydrogen-bond acceptors (Lipinski definition) is 1. The minimum Gasteiger partial charge on any atom is -0.320 e. The van der Waals surface area contributed by atoms with Gasteiger partial charge in [-0.2, -0.15) is 0 Å². The van der Waals surface area contributed by atoms with E-state index in [0.29, 0.717) is 5.02 Å². The van der Waals surface area contributed by atoms with Gasteiger partial charge in [0.1, 0.15) is 0 Å². The molecule has 1 N–H and O–H groups in total. The van der Waals surface area contributed by atoms with E-state index in [0.717, 1.165) is 40.9 Å². The number of carbonyl (C=O) groups is 1. The fourth-order valence-corrected chi connectivity index (χ4v) is 4.57. The molecule has 1 saturated heterocycles. The Morgan fingerprint density at radius 1 is 1.03 bits per heavy atom. The van der Waals surface area contributed by atoms with Gasteiger partial charge in [0.05, 0.1) is 19.6 Å². The van der Waals surface area contributed by atoms with E-state index in [2.05, 4.69) is 38.2 Å². The Bertz CT molecular complexity index is 781. The van der Waals surface area contributed by atoms with Crippen molar-refractivity contribution in [2.24, 2.45) is 0 Å². The molecule has 0 aromatic heterocycles. The molecular weight excluding hydrogens is 469 g/mol. The predicted molar refractivity (Wildman–Crippen MR) is 125 cm³/mol. The van der Waals surface area contributed by atoms with Gasteiger partial charge in [0.2, 0.25) is 0 Å². The van der Waals surface area contributed by atoms with Crippen molar-refractivity contribution in [1.29, 1.82) is 0 Å². The molecule has 1 aliphatic heterocycles. The van der Waals surface area contributed by atoms with E-state index in [1.165, 1.54) is 24.8 Å². The van der Waals surface area contributed by atoms with Crippen LogP contribution < -0.4 is 5.32 Å². The van der Waals surface area contributed by atoms with Crippen molar-refractivity contribution in [3.63, 3.8) is 0 Å². The molecule has 3 nitrogen and oxygen atoms in total. The van der Waals surface area contributed by atoms with Crippen LogP contribution in [0.1, 0.15) is 49.8 Å². The molecule has 1 aliphatic rings. The average Bonchev–Trinajstić information content (AvgIpc) is 2.71. The third kappa shape index (κ3) is 7.44. The maximum absolute atomic E-state index is 12.8. The number of anilines is 1. The van der Waals surface area contributed by atoms with E-state index in [4.69, 9.17) is 11.6 Å². The summed E-state index contributed by atoms with van der Waals surface area (Å²) in [5.74, 6) is 0.122. The van der Waals surface area contributed by atoms with Gasteiger partial charge in [0, 0.05) is 43.4 Å². The van der Waals surface area contributed by atoms with E-state index in [-0.39, 0.29) is 44.7 Å². The van der Waals surface area contributed by atoms with Crippen molar-refractivity contribution < 1.29 is 42.0 Å². The Morgan fingerprint density at radius 2 is 1.57 bits per heavy atom. The van der Waals surface area contributed by atoms with Crippen LogP contribution in [0.25, 0.3) is 0 Å². The van der Waals surface area contributed by atoms with Crippen LogP contribution in [0, 0.1) is 20.8 Å². The van der Waals surface area contributed by atoms with Gasteiger partial charge >= 0.3 is 0 Å². The Hall–Kier alpha value is -0.736. The Labute approximate surface area is 213 Å². The first-order chi connectivity index (χ1) is 13.8. The van der Waals surface area contributed by atoms with E-state index in [9.17, 15) is 4.79 Å². The number of benzene rings is 2. The second-order valence-electron chi connectivity index (χ2n) is 8.28. The molecule has 1 amide bonds. The summed E-state index contributed by atoms with van der Waals surface area (Å²) in [4.78, 5) is 12.8. The number of nitrogens with zero attached hydrogens (tertiary/aromatic N) is 1. The topological polar surface area (TPSA) is 29.1 Å². The number of hydrogen-bond donors (Lipinski definition) is 1. The van der Waals surface area contributed by atoms with E-state index < -0.39 is 0 Å². The number of likely N-dealkylation sites (N-methyl/N-ethyl adjacent to an activating group) is 1. The van der Waals surface area contributed by atoms with Crippen molar-refractivity contribution in [1.82, 2.24) is 0 Å². The molecule has 1 radical (unpaired) electrons. The number of carbonyl (C=O) groups excluding carboxylic acids is 1. The van der Waals surface area contributed by atoms with Crippen molar-refractivity contribution in [2.45, 2.75) is 59.9 Å². The summed E-state index contributed by atoms with van der Waals surface area (Å²) in [5.41, 5.74) is 4.27. The molecule has 1 fully saturated rings. The summed E-state index contributed by atoms with van der Waals surface area (Å²) < 4.78 is 0.914. The zero-order valence-corrected chi connectivity index (χ0v) is 22.8. The molecule has 0 saturated carbocycles. The van der Waals surface area contributed by atoms with Crippen LogP contribution in [0.5, 0.6) is 0 Å². The number of piperidine rings is 1. The summed E-state index contributed by atoms with van der Waals surface area (Å²) in [6, 6.07) is 14.1. The van der Waals surface area contributed by atoms with Crippen molar-refractivity contribution >= 4 is 23.2 Å². The van der Waals surface area contributed by atoms with Gasteiger partial charge in [-0.1, -0.05) is 47.5 Å². The smallest absolute Gasteiger partial charge is 0.282 e. The number of amides is 1. The standard InChI is InChI=1S/C18H27ClN2O.C7H8.Y/c1-5-21(9-7-6-8-10-21)15(4)18(22)20-17-13(2)11-16(19)12-14(17)3;1-7-5-3-2-4-6-7;/h11-12,15H,5-10H2,1-4H3;2-6H,1H3;/p+1. The van der Waals surface area contributed by atoms with Crippen LogP contribution >= 0.6 is 11.6 Å². The molecular formula is C25H36ClN2OY+. The second-order valence-corrected chi connectivity index (χ2v) is 8.71. The first-order valence-electron chi connectivity index (χ1n) is 10.7. The maximum atomic E-state index is 12.8. The van der Waals surface area contributed by atoms with Gasteiger partial charge in [-0.15, -0.1) is 0 Å². The second kappa shape index (κ2) is 13.0. The largest absolute Gasteiger partial charge is 0.320 e. The number of halogens is 1. The molecule has 1 unspecified atom stereocenters. The fraction of sp³-hybridized carbons (Fsp3) is 0.480. The van der Waals surface area contributed by atoms with Crippen LogP contribution in [0.15, 0.2) is 42.5 Å². The third-order valence-corrected chi connectivity index (χ3v) is 6.44.